The number of rotatable bonds is 5. The molecule has 17 heavy (non-hydrogen) atoms. The third-order valence-corrected chi connectivity index (χ3v) is 3.01. The molecule has 0 spiro atoms. The first-order chi connectivity index (χ1) is 8.26. The number of aliphatic hydroxyl groups excluding tert-OH is 1. The van der Waals surface area contributed by atoms with Crippen molar-refractivity contribution in [3.63, 3.8) is 0 Å². The van der Waals surface area contributed by atoms with E-state index in [1.165, 1.54) is 5.52 Å². The summed E-state index contributed by atoms with van der Waals surface area (Å²) in [5, 5.41) is 9.19. The topological polar surface area (TPSA) is 38.0 Å². The molecule has 1 aromatic carbocycles. The zero-order valence-electron chi connectivity index (χ0n) is 10.6. The molecule has 0 fully saturated rings. The fourth-order valence-electron chi connectivity index (χ4n) is 2.11. The Labute approximate surface area is 102 Å². The number of aryl methyl sites for hydroxylation is 1. The SMILES string of the molecule is CCCc1nc2ccccc2n1CC(C)CO. The number of benzene rings is 1. The molecule has 3 heteroatoms. The van der Waals surface area contributed by atoms with Gasteiger partial charge in [-0.3, -0.25) is 0 Å². The Morgan fingerprint density at radius 1 is 1.35 bits per heavy atom. The largest absolute Gasteiger partial charge is 0.396 e. The number of hydrogen-bond acceptors (Lipinski definition) is 2. The Morgan fingerprint density at radius 2 is 2.12 bits per heavy atom. The van der Waals surface area contributed by atoms with E-state index in [0.717, 1.165) is 30.7 Å². The van der Waals surface area contributed by atoms with Gasteiger partial charge < -0.3 is 9.67 Å². The minimum absolute atomic E-state index is 0.220. The van der Waals surface area contributed by atoms with Gasteiger partial charge in [0.25, 0.3) is 0 Å². The molecule has 1 unspecified atom stereocenters. The predicted octanol–water partition coefficient (Wildman–Crippen LogP) is 2.62. The van der Waals surface area contributed by atoms with Crippen LogP contribution in [0.1, 0.15) is 26.1 Å². The molecular formula is C14H20N2O. The van der Waals surface area contributed by atoms with Crippen molar-refractivity contribution in [2.45, 2.75) is 33.2 Å². The molecular weight excluding hydrogens is 212 g/mol. The van der Waals surface area contributed by atoms with Gasteiger partial charge in [-0.05, 0) is 24.5 Å². The number of nitrogens with zero attached hydrogens (tertiary/aromatic N) is 2. The summed E-state index contributed by atoms with van der Waals surface area (Å²) >= 11 is 0. The number of aliphatic hydroxyl groups is 1. The minimum atomic E-state index is 0.220. The highest BCUT2D eigenvalue weighted by Crippen LogP contribution is 2.18. The second-order valence-corrected chi connectivity index (χ2v) is 4.67. The molecule has 0 bridgehead atoms. The van der Waals surface area contributed by atoms with Crippen LogP contribution in [-0.4, -0.2) is 21.3 Å². The number of aromatic nitrogens is 2. The Balaban J connectivity index is 2.44. The Bertz CT molecular complexity index is 490. The quantitative estimate of drug-likeness (QED) is 0.860. The first-order valence-electron chi connectivity index (χ1n) is 6.31. The molecule has 1 heterocycles. The van der Waals surface area contributed by atoms with Gasteiger partial charge in [-0.15, -0.1) is 0 Å². The van der Waals surface area contributed by atoms with Crippen LogP contribution in [0, 0.1) is 5.92 Å². The van der Waals surface area contributed by atoms with Gasteiger partial charge in [-0.25, -0.2) is 4.98 Å². The maximum atomic E-state index is 9.19. The van der Waals surface area contributed by atoms with Gasteiger partial charge in [0.1, 0.15) is 5.82 Å². The van der Waals surface area contributed by atoms with Crippen LogP contribution >= 0.6 is 0 Å². The summed E-state index contributed by atoms with van der Waals surface area (Å²) in [5.74, 6) is 1.40. The molecule has 3 nitrogen and oxygen atoms in total. The van der Waals surface area contributed by atoms with Gasteiger partial charge in [0, 0.05) is 19.6 Å². The van der Waals surface area contributed by atoms with Crippen LogP contribution in [0.4, 0.5) is 0 Å². The second-order valence-electron chi connectivity index (χ2n) is 4.67. The summed E-state index contributed by atoms with van der Waals surface area (Å²) in [6, 6.07) is 8.21. The number of para-hydroxylation sites is 2. The standard InChI is InChI=1S/C14H20N2O/c1-3-6-14-15-12-7-4-5-8-13(12)16(14)9-11(2)10-17/h4-5,7-8,11,17H,3,6,9-10H2,1-2H3. The molecule has 2 rings (SSSR count). The molecule has 0 saturated heterocycles. The molecule has 2 aromatic rings. The Hall–Kier alpha value is -1.35. The van der Waals surface area contributed by atoms with Crippen LogP contribution in [0.5, 0.6) is 0 Å². The van der Waals surface area contributed by atoms with Crippen molar-refractivity contribution in [1.29, 1.82) is 0 Å². The lowest BCUT2D eigenvalue weighted by Gasteiger charge is -2.12. The van der Waals surface area contributed by atoms with Crippen molar-refractivity contribution in [3.05, 3.63) is 30.1 Å². The zero-order valence-corrected chi connectivity index (χ0v) is 10.6. The normalized spacial score (nSPS) is 13.1. The molecule has 0 amide bonds. The summed E-state index contributed by atoms with van der Waals surface area (Å²) in [6.45, 7) is 5.29. The highest BCUT2D eigenvalue weighted by atomic mass is 16.3. The highest BCUT2D eigenvalue weighted by Gasteiger charge is 2.11. The monoisotopic (exact) mass is 232 g/mol. The number of hydrogen-bond donors (Lipinski definition) is 1. The number of imidazole rings is 1. The average molecular weight is 232 g/mol. The maximum Gasteiger partial charge on any atom is 0.109 e. The number of fused-ring (bicyclic) bond motifs is 1. The van der Waals surface area contributed by atoms with Crippen molar-refractivity contribution in [2.24, 2.45) is 5.92 Å². The second kappa shape index (κ2) is 5.32. The smallest absolute Gasteiger partial charge is 0.109 e. The minimum Gasteiger partial charge on any atom is -0.396 e. The summed E-state index contributed by atoms with van der Waals surface area (Å²) in [7, 11) is 0. The molecule has 1 aromatic heterocycles. The molecule has 0 saturated carbocycles. The van der Waals surface area contributed by atoms with E-state index in [1.54, 1.807) is 0 Å². The third-order valence-electron chi connectivity index (χ3n) is 3.01. The highest BCUT2D eigenvalue weighted by molar-refractivity contribution is 5.75. The fourth-order valence-corrected chi connectivity index (χ4v) is 2.11. The fraction of sp³-hybridized carbons (Fsp3) is 0.500. The van der Waals surface area contributed by atoms with Crippen molar-refractivity contribution in [3.8, 4) is 0 Å². The van der Waals surface area contributed by atoms with E-state index in [9.17, 15) is 5.11 Å². The van der Waals surface area contributed by atoms with Crippen LogP contribution < -0.4 is 0 Å². The lowest BCUT2D eigenvalue weighted by atomic mass is 10.2. The van der Waals surface area contributed by atoms with Crippen LogP contribution in [0.15, 0.2) is 24.3 Å². The summed E-state index contributed by atoms with van der Waals surface area (Å²) in [5.41, 5.74) is 2.23. The van der Waals surface area contributed by atoms with E-state index in [2.05, 4.69) is 35.5 Å². The maximum absolute atomic E-state index is 9.19. The summed E-state index contributed by atoms with van der Waals surface area (Å²) in [4.78, 5) is 4.67. The average Bonchev–Trinajstić information content (AvgIpc) is 2.68. The van der Waals surface area contributed by atoms with Gasteiger partial charge in [-0.2, -0.15) is 0 Å². The van der Waals surface area contributed by atoms with E-state index in [0.29, 0.717) is 0 Å². The molecule has 0 aliphatic rings. The predicted molar refractivity (Wildman–Crippen MR) is 70.0 cm³/mol. The summed E-state index contributed by atoms with van der Waals surface area (Å²) in [6.07, 6.45) is 2.09. The van der Waals surface area contributed by atoms with Crippen LogP contribution in [-0.2, 0) is 13.0 Å². The van der Waals surface area contributed by atoms with Crippen molar-refractivity contribution >= 4 is 11.0 Å². The van der Waals surface area contributed by atoms with Gasteiger partial charge in [0.05, 0.1) is 11.0 Å². The van der Waals surface area contributed by atoms with Crippen LogP contribution in [0.2, 0.25) is 0 Å². The van der Waals surface area contributed by atoms with Crippen LogP contribution in [0.25, 0.3) is 11.0 Å². The van der Waals surface area contributed by atoms with Crippen molar-refractivity contribution in [2.75, 3.05) is 6.61 Å². The Kier molecular flexibility index (Phi) is 3.79. The van der Waals surface area contributed by atoms with Crippen LogP contribution in [0.3, 0.4) is 0 Å². The van der Waals surface area contributed by atoms with E-state index >= 15 is 0 Å². The Morgan fingerprint density at radius 3 is 2.82 bits per heavy atom. The molecule has 0 radical (unpaired) electrons. The van der Waals surface area contributed by atoms with Crippen molar-refractivity contribution in [1.82, 2.24) is 9.55 Å². The first-order valence-corrected chi connectivity index (χ1v) is 6.31. The van der Waals surface area contributed by atoms with E-state index in [-0.39, 0.29) is 12.5 Å². The van der Waals surface area contributed by atoms with E-state index in [1.807, 2.05) is 12.1 Å². The molecule has 1 atom stereocenters. The van der Waals surface area contributed by atoms with Gasteiger partial charge >= 0.3 is 0 Å². The van der Waals surface area contributed by atoms with E-state index < -0.39 is 0 Å². The van der Waals surface area contributed by atoms with Gasteiger partial charge in [0.15, 0.2) is 0 Å². The molecule has 0 aliphatic heterocycles. The van der Waals surface area contributed by atoms with Gasteiger partial charge in [-0.1, -0.05) is 26.0 Å². The zero-order chi connectivity index (χ0) is 12.3. The lowest BCUT2D eigenvalue weighted by Crippen LogP contribution is -2.13. The summed E-state index contributed by atoms with van der Waals surface area (Å²) < 4.78 is 2.25. The molecule has 1 N–H and O–H groups in total. The first kappa shape index (κ1) is 12.1. The van der Waals surface area contributed by atoms with Crippen molar-refractivity contribution < 1.29 is 5.11 Å². The molecule has 0 aliphatic carbocycles. The third kappa shape index (κ3) is 2.50. The molecule has 92 valence electrons. The lowest BCUT2D eigenvalue weighted by molar-refractivity contribution is 0.223. The van der Waals surface area contributed by atoms with E-state index in [4.69, 9.17) is 0 Å². The van der Waals surface area contributed by atoms with Gasteiger partial charge in [0.2, 0.25) is 0 Å².